The summed E-state index contributed by atoms with van der Waals surface area (Å²) in [6, 6.07) is 7.77. The summed E-state index contributed by atoms with van der Waals surface area (Å²) in [5.74, 6) is 0.0240. The van der Waals surface area contributed by atoms with Gasteiger partial charge >= 0.3 is 0 Å². The number of hydrogen-bond acceptors (Lipinski definition) is 3. The number of piperidine rings is 1. The Kier molecular flexibility index (Phi) is 5.40. The third-order valence-corrected chi connectivity index (χ3v) is 6.13. The molecule has 6 heteroatoms. The lowest BCUT2D eigenvalue weighted by atomic mass is 9.86. The smallest absolute Gasteiger partial charge is 0.253 e. The molecular weight excluding hydrogens is 324 g/mol. The lowest BCUT2D eigenvalue weighted by Gasteiger charge is -2.35. The molecule has 0 aromatic heterocycles. The molecule has 0 N–H and O–H groups in total. The molecule has 0 saturated carbocycles. The van der Waals surface area contributed by atoms with Gasteiger partial charge in [0.05, 0.1) is 6.26 Å². The highest BCUT2D eigenvalue weighted by atomic mass is 32.2. The van der Waals surface area contributed by atoms with E-state index in [4.69, 9.17) is 0 Å². The van der Waals surface area contributed by atoms with E-state index in [-0.39, 0.29) is 17.4 Å². The lowest BCUT2D eigenvalue weighted by molar-refractivity contribution is 0.0686. The SMILES string of the molecule is CN(C1CCN(C(=O)c2ccc(C(C)(C)C)cc2)CC1)S(C)(=O)=O. The fourth-order valence-electron chi connectivity index (χ4n) is 3.00. The van der Waals surface area contributed by atoms with Gasteiger partial charge in [-0.05, 0) is 36.0 Å². The van der Waals surface area contributed by atoms with Crippen molar-refractivity contribution in [3.05, 3.63) is 35.4 Å². The van der Waals surface area contributed by atoms with Crippen molar-refractivity contribution in [2.24, 2.45) is 0 Å². The molecule has 1 heterocycles. The van der Waals surface area contributed by atoms with Crippen LogP contribution in [-0.4, -0.2) is 56.0 Å². The van der Waals surface area contributed by atoms with Crippen LogP contribution in [0.3, 0.4) is 0 Å². The molecule has 0 bridgehead atoms. The predicted octanol–water partition coefficient (Wildman–Crippen LogP) is 2.48. The van der Waals surface area contributed by atoms with Crippen molar-refractivity contribution >= 4 is 15.9 Å². The van der Waals surface area contributed by atoms with Gasteiger partial charge in [-0.3, -0.25) is 4.79 Å². The minimum absolute atomic E-state index is 0.0210. The second-order valence-electron chi connectivity index (χ2n) is 7.63. The third kappa shape index (κ3) is 4.36. The topological polar surface area (TPSA) is 57.7 Å². The van der Waals surface area contributed by atoms with Crippen LogP contribution in [0.15, 0.2) is 24.3 Å². The number of sulfonamides is 1. The third-order valence-electron chi connectivity index (χ3n) is 4.79. The van der Waals surface area contributed by atoms with Crippen molar-refractivity contribution in [3.63, 3.8) is 0 Å². The van der Waals surface area contributed by atoms with Crippen molar-refractivity contribution in [1.82, 2.24) is 9.21 Å². The highest BCUT2D eigenvalue weighted by molar-refractivity contribution is 7.88. The molecular formula is C18H28N2O3S. The quantitative estimate of drug-likeness (QED) is 0.840. The van der Waals surface area contributed by atoms with Gasteiger partial charge in [-0.15, -0.1) is 0 Å². The van der Waals surface area contributed by atoms with Crippen LogP contribution in [0.2, 0.25) is 0 Å². The van der Waals surface area contributed by atoms with Crippen molar-refractivity contribution < 1.29 is 13.2 Å². The predicted molar refractivity (Wildman–Crippen MR) is 96.7 cm³/mol. The summed E-state index contributed by atoms with van der Waals surface area (Å²) in [5.41, 5.74) is 1.96. The molecule has 24 heavy (non-hydrogen) atoms. The fraction of sp³-hybridized carbons (Fsp3) is 0.611. The second kappa shape index (κ2) is 6.84. The van der Waals surface area contributed by atoms with Crippen LogP contribution in [0, 0.1) is 0 Å². The highest BCUT2D eigenvalue weighted by Gasteiger charge is 2.29. The Hall–Kier alpha value is -1.40. The molecule has 2 rings (SSSR count). The van der Waals surface area contributed by atoms with E-state index < -0.39 is 10.0 Å². The van der Waals surface area contributed by atoms with Gasteiger partial charge in [-0.25, -0.2) is 12.7 Å². The number of likely N-dealkylation sites (tertiary alicyclic amines) is 1. The molecule has 1 aromatic rings. The molecule has 0 unspecified atom stereocenters. The molecule has 1 fully saturated rings. The highest BCUT2D eigenvalue weighted by Crippen LogP contribution is 2.23. The summed E-state index contributed by atoms with van der Waals surface area (Å²) in [6.07, 6.45) is 2.58. The first kappa shape index (κ1) is 18.9. The van der Waals surface area contributed by atoms with E-state index in [2.05, 4.69) is 20.8 Å². The fourth-order valence-corrected chi connectivity index (χ4v) is 3.75. The summed E-state index contributed by atoms with van der Waals surface area (Å²) < 4.78 is 24.7. The van der Waals surface area contributed by atoms with E-state index in [1.807, 2.05) is 29.2 Å². The number of hydrogen-bond donors (Lipinski definition) is 0. The van der Waals surface area contributed by atoms with Gasteiger partial charge in [-0.2, -0.15) is 0 Å². The van der Waals surface area contributed by atoms with E-state index in [9.17, 15) is 13.2 Å². The zero-order chi connectivity index (χ0) is 18.1. The summed E-state index contributed by atoms with van der Waals surface area (Å²) in [6.45, 7) is 7.61. The number of carbonyl (C=O) groups is 1. The first-order valence-corrected chi connectivity index (χ1v) is 10.2. The number of amides is 1. The van der Waals surface area contributed by atoms with Gasteiger partial charge in [0.1, 0.15) is 0 Å². The Morgan fingerprint density at radius 2 is 1.62 bits per heavy atom. The summed E-state index contributed by atoms with van der Waals surface area (Å²) >= 11 is 0. The summed E-state index contributed by atoms with van der Waals surface area (Å²) in [5, 5.41) is 0. The Balaban J connectivity index is 2.00. The molecule has 0 spiro atoms. The normalized spacial score (nSPS) is 17.3. The van der Waals surface area contributed by atoms with Gasteiger partial charge < -0.3 is 4.90 Å². The molecule has 0 atom stereocenters. The van der Waals surface area contributed by atoms with Crippen LogP contribution >= 0.6 is 0 Å². The van der Waals surface area contributed by atoms with Gasteiger partial charge in [0.2, 0.25) is 10.0 Å². The minimum atomic E-state index is -3.18. The molecule has 1 amide bonds. The van der Waals surface area contributed by atoms with Crippen molar-refractivity contribution in [3.8, 4) is 0 Å². The molecule has 134 valence electrons. The van der Waals surface area contributed by atoms with Crippen molar-refractivity contribution in [2.45, 2.75) is 45.1 Å². The maximum atomic E-state index is 12.6. The summed E-state index contributed by atoms with van der Waals surface area (Å²) in [7, 11) is -1.57. The van der Waals surface area contributed by atoms with Gasteiger partial charge in [0.25, 0.3) is 5.91 Å². The van der Waals surface area contributed by atoms with Crippen LogP contribution in [0.1, 0.15) is 49.5 Å². The Labute approximate surface area is 145 Å². The maximum absolute atomic E-state index is 12.6. The van der Waals surface area contributed by atoms with E-state index in [1.165, 1.54) is 16.1 Å². The Morgan fingerprint density at radius 1 is 1.12 bits per heavy atom. The molecule has 0 radical (unpaired) electrons. The van der Waals surface area contributed by atoms with Gasteiger partial charge in [0, 0.05) is 31.7 Å². The first-order chi connectivity index (χ1) is 11.0. The van der Waals surface area contributed by atoms with E-state index in [0.717, 1.165) is 0 Å². The molecule has 1 aromatic carbocycles. The van der Waals surface area contributed by atoms with Crippen LogP contribution in [0.25, 0.3) is 0 Å². The number of carbonyl (C=O) groups excluding carboxylic acids is 1. The van der Waals surface area contributed by atoms with Crippen LogP contribution < -0.4 is 0 Å². The van der Waals surface area contributed by atoms with Crippen molar-refractivity contribution in [1.29, 1.82) is 0 Å². The molecule has 5 nitrogen and oxygen atoms in total. The molecule has 1 saturated heterocycles. The van der Waals surface area contributed by atoms with E-state index in [1.54, 1.807) is 7.05 Å². The number of rotatable bonds is 3. The van der Waals surface area contributed by atoms with Crippen LogP contribution in [-0.2, 0) is 15.4 Å². The monoisotopic (exact) mass is 352 g/mol. The lowest BCUT2D eigenvalue weighted by Crippen LogP contribution is -2.47. The molecule has 1 aliphatic heterocycles. The Morgan fingerprint density at radius 3 is 2.04 bits per heavy atom. The molecule has 0 aliphatic carbocycles. The minimum Gasteiger partial charge on any atom is -0.339 e. The van der Waals surface area contributed by atoms with Crippen molar-refractivity contribution in [2.75, 3.05) is 26.4 Å². The largest absolute Gasteiger partial charge is 0.339 e. The molecule has 1 aliphatic rings. The average molecular weight is 353 g/mol. The average Bonchev–Trinajstić information content (AvgIpc) is 2.52. The maximum Gasteiger partial charge on any atom is 0.253 e. The second-order valence-corrected chi connectivity index (χ2v) is 9.67. The Bertz CT molecular complexity index is 682. The zero-order valence-electron chi connectivity index (χ0n) is 15.2. The number of benzene rings is 1. The van der Waals surface area contributed by atoms with Gasteiger partial charge in [0.15, 0.2) is 0 Å². The van der Waals surface area contributed by atoms with E-state index >= 15 is 0 Å². The van der Waals surface area contributed by atoms with E-state index in [0.29, 0.717) is 31.5 Å². The first-order valence-electron chi connectivity index (χ1n) is 8.33. The summed E-state index contributed by atoms with van der Waals surface area (Å²) in [4.78, 5) is 14.4. The van der Waals surface area contributed by atoms with Gasteiger partial charge in [-0.1, -0.05) is 32.9 Å². The van der Waals surface area contributed by atoms with Crippen LogP contribution in [0.5, 0.6) is 0 Å². The zero-order valence-corrected chi connectivity index (χ0v) is 16.1. The van der Waals surface area contributed by atoms with Crippen LogP contribution in [0.4, 0.5) is 0 Å². The number of nitrogens with zero attached hydrogens (tertiary/aromatic N) is 2. The standard InChI is InChI=1S/C18H28N2O3S/c1-18(2,3)15-8-6-14(7-9-15)17(21)20-12-10-16(11-13-20)19(4)24(5,22)23/h6-9,16H,10-13H2,1-5H3.